The van der Waals surface area contributed by atoms with Gasteiger partial charge in [0.05, 0.1) is 9.95 Å². The normalized spacial score (nSPS) is 16.6. The van der Waals surface area contributed by atoms with E-state index in [2.05, 4.69) is 21.2 Å². The van der Waals surface area contributed by atoms with Gasteiger partial charge in [0.2, 0.25) is 0 Å². The molecule has 98 valence electrons. The number of nitro benzene ring substituents is 1. The molecule has 0 radical (unpaired) electrons. The van der Waals surface area contributed by atoms with Crippen molar-refractivity contribution in [1.29, 1.82) is 0 Å². The van der Waals surface area contributed by atoms with Crippen LogP contribution in [0.4, 0.5) is 11.4 Å². The second kappa shape index (κ2) is 5.89. The van der Waals surface area contributed by atoms with Gasteiger partial charge in [-0.3, -0.25) is 10.1 Å². The van der Waals surface area contributed by atoms with Crippen LogP contribution in [0.2, 0.25) is 5.02 Å². The second-order valence-corrected chi connectivity index (χ2v) is 5.84. The van der Waals surface area contributed by atoms with Crippen LogP contribution in [0.25, 0.3) is 0 Å². The van der Waals surface area contributed by atoms with Gasteiger partial charge in [0.25, 0.3) is 5.69 Å². The molecule has 0 aromatic heterocycles. The molecule has 0 unspecified atom stereocenters. The molecule has 2 rings (SSSR count). The zero-order chi connectivity index (χ0) is 13.1. The van der Waals surface area contributed by atoms with Crippen molar-refractivity contribution in [3.63, 3.8) is 0 Å². The number of halogens is 2. The summed E-state index contributed by atoms with van der Waals surface area (Å²) in [5.41, 5.74) is 0.469. The molecule has 4 nitrogen and oxygen atoms in total. The fourth-order valence-corrected chi connectivity index (χ4v) is 3.14. The molecule has 0 heterocycles. The predicted octanol–water partition coefficient (Wildman–Crippen LogP) is 4.76. The summed E-state index contributed by atoms with van der Waals surface area (Å²) in [6, 6.07) is 3.45. The zero-order valence-electron chi connectivity index (χ0n) is 9.79. The molecule has 1 fully saturated rings. The van der Waals surface area contributed by atoms with Crippen LogP contribution in [0.15, 0.2) is 16.6 Å². The van der Waals surface area contributed by atoms with Crippen LogP contribution in [-0.2, 0) is 0 Å². The summed E-state index contributed by atoms with van der Waals surface area (Å²) >= 11 is 9.33. The van der Waals surface area contributed by atoms with Crippen LogP contribution < -0.4 is 5.32 Å². The number of hydrogen-bond donors (Lipinski definition) is 1. The van der Waals surface area contributed by atoms with Crippen molar-refractivity contribution in [1.82, 2.24) is 0 Å². The summed E-state index contributed by atoms with van der Waals surface area (Å²) < 4.78 is 0.619. The molecule has 6 heteroatoms. The Labute approximate surface area is 119 Å². The largest absolute Gasteiger partial charge is 0.376 e. The first-order chi connectivity index (χ1) is 8.58. The molecule has 0 saturated heterocycles. The van der Waals surface area contributed by atoms with Gasteiger partial charge >= 0.3 is 0 Å². The van der Waals surface area contributed by atoms with E-state index in [-0.39, 0.29) is 11.7 Å². The van der Waals surface area contributed by atoms with Crippen molar-refractivity contribution < 1.29 is 4.92 Å². The van der Waals surface area contributed by atoms with Crippen LogP contribution in [0.5, 0.6) is 0 Å². The number of anilines is 1. The standard InChI is InChI=1S/C12H14BrClN2O2/c13-8-6-10(14)12(11(7-8)16(17)18)15-9-4-2-1-3-5-9/h6-7,9,15H,1-5H2. The van der Waals surface area contributed by atoms with E-state index in [4.69, 9.17) is 11.6 Å². The molecule has 18 heavy (non-hydrogen) atoms. The maximum Gasteiger partial charge on any atom is 0.294 e. The fraction of sp³-hybridized carbons (Fsp3) is 0.500. The Kier molecular flexibility index (Phi) is 4.45. The van der Waals surface area contributed by atoms with Gasteiger partial charge in [-0.1, -0.05) is 46.8 Å². The van der Waals surface area contributed by atoms with Crippen molar-refractivity contribution in [2.75, 3.05) is 5.32 Å². The molecule has 0 bridgehead atoms. The van der Waals surface area contributed by atoms with Crippen molar-refractivity contribution in [2.24, 2.45) is 0 Å². The molecular weight excluding hydrogens is 320 g/mol. The highest BCUT2D eigenvalue weighted by atomic mass is 79.9. The van der Waals surface area contributed by atoms with E-state index in [9.17, 15) is 10.1 Å². The Morgan fingerprint density at radius 3 is 2.61 bits per heavy atom. The number of nitrogens with zero attached hydrogens (tertiary/aromatic N) is 1. The summed E-state index contributed by atoms with van der Waals surface area (Å²) in [5, 5.41) is 14.7. The Hall–Kier alpha value is -0.810. The lowest BCUT2D eigenvalue weighted by Crippen LogP contribution is -2.22. The van der Waals surface area contributed by atoms with Gasteiger partial charge in [0.1, 0.15) is 5.69 Å². The first kappa shape index (κ1) is 13.6. The Morgan fingerprint density at radius 2 is 2.00 bits per heavy atom. The topological polar surface area (TPSA) is 55.2 Å². The highest BCUT2D eigenvalue weighted by Crippen LogP contribution is 2.37. The van der Waals surface area contributed by atoms with E-state index < -0.39 is 4.92 Å². The van der Waals surface area contributed by atoms with Crippen LogP contribution in [0.3, 0.4) is 0 Å². The third kappa shape index (κ3) is 3.14. The first-order valence-corrected chi connectivity index (χ1v) is 7.15. The zero-order valence-corrected chi connectivity index (χ0v) is 12.1. The molecule has 1 aliphatic carbocycles. The molecule has 1 N–H and O–H groups in total. The molecule has 0 amide bonds. The van der Waals surface area contributed by atoms with E-state index in [1.165, 1.54) is 25.3 Å². The smallest absolute Gasteiger partial charge is 0.294 e. The van der Waals surface area contributed by atoms with Gasteiger partial charge in [-0.2, -0.15) is 0 Å². The molecule has 0 atom stereocenters. The second-order valence-electron chi connectivity index (χ2n) is 4.52. The number of rotatable bonds is 3. The average Bonchev–Trinajstić information content (AvgIpc) is 2.33. The number of nitrogens with one attached hydrogen (secondary N) is 1. The van der Waals surface area contributed by atoms with Crippen molar-refractivity contribution >= 4 is 38.9 Å². The third-order valence-electron chi connectivity index (χ3n) is 3.18. The van der Waals surface area contributed by atoms with Gasteiger partial charge in [-0.25, -0.2) is 0 Å². The molecule has 0 spiro atoms. The maximum atomic E-state index is 11.1. The summed E-state index contributed by atoms with van der Waals surface area (Å²) in [6.07, 6.45) is 5.67. The average molecular weight is 334 g/mol. The quantitative estimate of drug-likeness (QED) is 0.641. The molecule has 1 aromatic rings. The van der Waals surface area contributed by atoms with Gasteiger partial charge in [-0.15, -0.1) is 0 Å². The fourth-order valence-electron chi connectivity index (χ4n) is 2.30. The summed E-state index contributed by atoms with van der Waals surface area (Å²) in [5.74, 6) is 0. The summed E-state index contributed by atoms with van der Waals surface area (Å²) in [6.45, 7) is 0. The van der Waals surface area contributed by atoms with Crippen LogP contribution in [0.1, 0.15) is 32.1 Å². The molecule has 1 saturated carbocycles. The van der Waals surface area contributed by atoms with E-state index >= 15 is 0 Å². The summed E-state index contributed by atoms with van der Waals surface area (Å²) in [7, 11) is 0. The Bertz CT molecular complexity index is 462. The van der Waals surface area contributed by atoms with Gasteiger partial charge < -0.3 is 5.32 Å². The van der Waals surface area contributed by atoms with Crippen LogP contribution in [-0.4, -0.2) is 11.0 Å². The number of nitro groups is 1. The molecule has 1 aliphatic rings. The van der Waals surface area contributed by atoms with E-state index in [0.717, 1.165) is 12.8 Å². The third-order valence-corrected chi connectivity index (χ3v) is 3.94. The van der Waals surface area contributed by atoms with Crippen molar-refractivity contribution in [3.05, 3.63) is 31.7 Å². The lowest BCUT2D eigenvalue weighted by molar-refractivity contribution is -0.384. The van der Waals surface area contributed by atoms with Gasteiger partial charge in [0.15, 0.2) is 0 Å². The monoisotopic (exact) mass is 332 g/mol. The minimum Gasteiger partial charge on any atom is -0.376 e. The minimum atomic E-state index is -0.401. The lowest BCUT2D eigenvalue weighted by atomic mass is 9.95. The van der Waals surface area contributed by atoms with Crippen LogP contribution in [0, 0.1) is 10.1 Å². The molecule has 1 aromatic carbocycles. The Morgan fingerprint density at radius 1 is 1.33 bits per heavy atom. The predicted molar refractivity (Wildman–Crippen MR) is 76.3 cm³/mol. The molecule has 0 aliphatic heterocycles. The van der Waals surface area contributed by atoms with Gasteiger partial charge in [-0.05, 0) is 18.9 Å². The Balaban J connectivity index is 2.27. The van der Waals surface area contributed by atoms with Gasteiger partial charge in [0, 0.05) is 16.6 Å². The number of hydrogen-bond acceptors (Lipinski definition) is 3. The van der Waals surface area contributed by atoms with E-state index in [1.807, 2.05) is 0 Å². The molecular formula is C12H14BrClN2O2. The number of benzene rings is 1. The van der Waals surface area contributed by atoms with Crippen molar-refractivity contribution in [3.8, 4) is 0 Å². The minimum absolute atomic E-state index is 0.0277. The SMILES string of the molecule is O=[N+]([O-])c1cc(Br)cc(Cl)c1NC1CCCCC1. The lowest BCUT2D eigenvalue weighted by Gasteiger charge is -2.24. The van der Waals surface area contributed by atoms with E-state index in [0.29, 0.717) is 15.2 Å². The highest BCUT2D eigenvalue weighted by Gasteiger charge is 2.22. The van der Waals surface area contributed by atoms with Crippen molar-refractivity contribution in [2.45, 2.75) is 38.1 Å². The maximum absolute atomic E-state index is 11.1. The first-order valence-electron chi connectivity index (χ1n) is 5.98. The van der Waals surface area contributed by atoms with Crippen LogP contribution >= 0.6 is 27.5 Å². The summed E-state index contributed by atoms with van der Waals surface area (Å²) in [4.78, 5) is 10.7. The van der Waals surface area contributed by atoms with E-state index in [1.54, 1.807) is 6.07 Å². The highest BCUT2D eigenvalue weighted by molar-refractivity contribution is 9.10.